The minimum Gasteiger partial charge on any atom is -0.476 e. The monoisotopic (exact) mass is 265 g/mol. The van der Waals surface area contributed by atoms with E-state index in [1.165, 1.54) is 6.92 Å². The lowest BCUT2D eigenvalue weighted by Gasteiger charge is -2.10. The summed E-state index contributed by atoms with van der Waals surface area (Å²) in [6.07, 6.45) is 3.60. The molecule has 1 amide bonds. The SMILES string of the molecule is C=NC(=CC)C(=NC(=CC(C)C)NC(C)=O)OCC. The van der Waals surface area contributed by atoms with Gasteiger partial charge in [-0.05, 0) is 32.6 Å². The van der Waals surface area contributed by atoms with Gasteiger partial charge in [-0.2, -0.15) is 4.99 Å². The van der Waals surface area contributed by atoms with E-state index in [1.807, 2.05) is 33.8 Å². The van der Waals surface area contributed by atoms with Crippen LogP contribution in [0.25, 0.3) is 0 Å². The molecule has 0 atom stereocenters. The molecule has 106 valence electrons. The van der Waals surface area contributed by atoms with Crippen molar-refractivity contribution in [3.05, 3.63) is 23.7 Å². The predicted octanol–water partition coefficient (Wildman–Crippen LogP) is 2.66. The van der Waals surface area contributed by atoms with Gasteiger partial charge in [0.25, 0.3) is 0 Å². The van der Waals surface area contributed by atoms with Crippen LogP contribution < -0.4 is 5.32 Å². The molecule has 0 saturated carbocycles. The maximum absolute atomic E-state index is 11.2. The molecule has 0 aliphatic heterocycles. The van der Waals surface area contributed by atoms with Gasteiger partial charge in [0.1, 0.15) is 11.5 Å². The molecule has 0 aromatic carbocycles. The Kier molecular flexibility index (Phi) is 8.17. The van der Waals surface area contributed by atoms with Crippen LogP contribution in [0.15, 0.2) is 33.7 Å². The molecular formula is C14H23N3O2. The molecule has 0 saturated heterocycles. The topological polar surface area (TPSA) is 63.0 Å². The summed E-state index contributed by atoms with van der Waals surface area (Å²) in [5.74, 6) is 0.869. The van der Waals surface area contributed by atoms with Gasteiger partial charge in [-0.25, -0.2) is 0 Å². The molecule has 0 spiro atoms. The van der Waals surface area contributed by atoms with E-state index in [2.05, 4.69) is 22.0 Å². The Morgan fingerprint density at radius 3 is 2.47 bits per heavy atom. The van der Waals surface area contributed by atoms with E-state index in [1.54, 1.807) is 6.08 Å². The molecule has 0 aliphatic rings. The third-order valence-electron chi connectivity index (χ3n) is 1.96. The molecule has 0 unspecified atom stereocenters. The van der Waals surface area contributed by atoms with Crippen LogP contribution >= 0.6 is 0 Å². The Hall–Kier alpha value is -1.91. The lowest BCUT2D eigenvalue weighted by molar-refractivity contribution is -0.118. The molecule has 0 rings (SSSR count). The summed E-state index contributed by atoms with van der Waals surface area (Å²) < 4.78 is 5.44. The maximum atomic E-state index is 11.2. The number of allylic oxidation sites excluding steroid dienone is 2. The predicted molar refractivity (Wildman–Crippen MR) is 79.1 cm³/mol. The van der Waals surface area contributed by atoms with Crippen LogP contribution in [0.3, 0.4) is 0 Å². The maximum Gasteiger partial charge on any atom is 0.241 e. The van der Waals surface area contributed by atoms with Crippen molar-refractivity contribution in [3.63, 3.8) is 0 Å². The number of aliphatic imine (C=N–C) groups is 2. The molecule has 19 heavy (non-hydrogen) atoms. The normalized spacial score (nSPS) is 13.5. The summed E-state index contributed by atoms with van der Waals surface area (Å²) in [5.41, 5.74) is 0.543. The second-order valence-corrected chi connectivity index (χ2v) is 4.16. The summed E-state index contributed by atoms with van der Waals surface area (Å²) >= 11 is 0. The Labute approximate surface area is 115 Å². The van der Waals surface area contributed by atoms with Crippen LogP contribution in [0, 0.1) is 5.92 Å². The number of carbonyl (C=O) groups excluding carboxylic acids is 1. The molecular weight excluding hydrogens is 242 g/mol. The fourth-order valence-electron chi connectivity index (χ4n) is 1.29. The lowest BCUT2D eigenvalue weighted by atomic mass is 10.2. The summed E-state index contributed by atoms with van der Waals surface area (Å²) in [7, 11) is 0. The lowest BCUT2D eigenvalue weighted by Crippen LogP contribution is -2.20. The summed E-state index contributed by atoms with van der Waals surface area (Å²) in [6, 6.07) is 0. The van der Waals surface area contributed by atoms with Crippen molar-refractivity contribution in [1.29, 1.82) is 0 Å². The van der Waals surface area contributed by atoms with Gasteiger partial charge in [0.2, 0.25) is 11.8 Å². The molecule has 0 aromatic rings. The van der Waals surface area contributed by atoms with Crippen molar-refractivity contribution in [2.45, 2.75) is 34.6 Å². The van der Waals surface area contributed by atoms with Crippen LogP contribution in [-0.4, -0.2) is 25.1 Å². The minimum atomic E-state index is -0.180. The van der Waals surface area contributed by atoms with Crippen LogP contribution in [0.2, 0.25) is 0 Å². The van der Waals surface area contributed by atoms with E-state index < -0.39 is 0 Å². The number of carbonyl (C=O) groups is 1. The molecule has 5 nitrogen and oxygen atoms in total. The van der Waals surface area contributed by atoms with Crippen molar-refractivity contribution in [3.8, 4) is 0 Å². The number of ether oxygens (including phenoxy) is 1. The van der Waals surface area contributed by atoms with Gasteiger partial charge >= 0.3 is 0 Å². The average molecular weight is 265 g/mol. The van der Waals surface area contributed by atoms with Crippen LogP contribution in [0.4, 0.5) is 0 Å². The van der Waals surface area contributed by atoms with E-state index in [4.69, 9.17) is 4.74 Å². The van der Waals surface area contributed by atoms with Gasteiger partial charge in [-0.3, -0.25) is 9.79 Å². The summed E-state index contributed by atoms with van der Waals surface area (Å²) in [4.78, 5) is 19.3. The van der Waals surface area contributed by atoms with E-state index in [9.17, 15) is 4.79 Å². The molecule has 0 radical (unpaired) electrons. The van der Waals surface area contributed by atoms with Crippen molar-refractivity contribution in [2.75, 3.05) is 6.61 Å². The van der Waals surface area contributed by atoms with Crippen molar-refractivity contribution in [1.82, 2.24) is 5.32 Å². The van der Waals surface area contributed by atoms with Gasteiger partial charge in [0.05, 0.1) is 6.61 Å². The first kappa shape index (κ1) is 17.1. The third-order valence-corrected chi connectivity index (χ3v) is 1.96. The Bertz CT molecular complexity index is 407. The average Bonchev–Trinajstić information content (AvgIpc) is 2.28. The summed E-state index contributed by atoms with van der Waals surface area (Å²) in [6.45, 7) is 13.1. The number of hydrogen-bond donors (Lipinski definition) is 1. The first-order valence-electron chi connectivity index (χ1n) is 6.28. The van der Waals surface area contributed by atoms with E-state index in [0.29, 0.717) is 24.0 Å². The Morgan fingerprint density at radius 2 is 2.11 bits per heavy atom. The zero-order chi connectivity index (χ0) is 14.8. The van der Waals surface area contributed by atoms with E-state index in [-0.39, 0.29) is 11.8 Å². The first-order valence-corrected chi connectivity index (χ1v) is 6.28. The zero-order valence-electron chi connectivity index (χ0n) is 12.4. The largest absolute Gasteiger partial charge is 0.476 e. The third kappa shape index (κ3) is 7.18. The Balaban J connectivity index is 5.44. The van der Waals surface area contributed by atoms with Gasteiger partial charge in [-0.15, -0.1) is 0 Å². The highest BCUT2D eigenvalue weighted by atomic mass is 16.5. The van der Waals surface area contributed by atoms with E-state index >= 15 is 0 Å². The number of amides is 1. The quantitative estimate of drug-likeness (QED) is 0.592. The minimum absolute atomic E-state index is 0.180. The number of rotatable bonds is 6. The fourth-order valence-corrected chi connectivity index (χ4v) is 1.29. The molecule has 0 aromatic heterocycles. The van der Waals surface area contributed by atoms with Crippen molar-refractivity contribution < 1.29 is 9.53 Å². The van der Waals surface area contributed by atoms with Crippen molar-refractivity contribution in [2.24, 2.45) is 15.9 Å². The van der Waals surface area contributed by atoms with Gasteiger partial charge in [-0.1, -0.05) is 19.9 Å². The van der Waals surface area contributed by atoms with Crippen LogP contribution in [0.5, 0.6) is 0 Å². The van der Waals surface area contributed by atoms with Crippen LogP contribution in [0.1, 0.15) is 34.6 Å². The molecule has 5 heteroatoms. The smallest absolute Gasteiger partial charge is 0.241 e. The standard InChI is InChI=1S/C14H23N3O2/c1-7-12(15-6)14(19-8-2)17-13(9-10(3)4)16-11(5)18/h7,9-10H,6,8H2,1-5H3,(H,16,18). The molecule has 0 fully saturated rings. The fraction of sp³-hybridized carbons (Fsp3) is 0.500. The Morgan fingerprint density at radius 1 is 1.47 bits per heavy atom. The van der Waals surface area contributed by atoms with E-state index in [0.717, 1.165) is 0 Å². The first-order chi connectivity index (χ1) is 8.94. The highest BCUT2D eigenvalue weighted by molar-refractivity contribution is 5.94. The summed E-state index contributed by atoms with van der Waals surface area (Å²) in [5, 5.41) is 2.67. The zero-order valence-corrected chi connectivity index (χ0v) is 12.4. The van der Waals surface area contributed by atoms with Crippen LogP contribution in [-0.2, 0) is 9.53 Å². The highest BCUT2D eigenvalue weighted by Gasteiger charge is 2.08. The number of nitrogens with zero attached hydrogens (tertiary/aromatic N) is 2. The van der Waals surface area contributed by atoms with Crippen molar-refractivity contribution >= 4 is 18.5 Å². The van der Waals surface area contributed by atoms with Gasteiger partial charge < -0.3 is 10.1 Å². The second-order valence-electron chi connectivity index (χ2n) is 4.16. The molecule has 0 heterocycles. The molecule has 0 bridgehead atoms. The van der Waals surface area contributed by atoms with Gasteiger partial charge in [0.15, 0.2) is 0 Å². The second kappa shape index (κ2) is 9.08. The number of hydrogen-bond acceptors (Lipinski definition) is 4. The number of nitrogens with one attached hydrogen (secondary N) is 1. The highest BCUT2D eigenvalue weighted by Crippen LogP contribution is 2.07. The molecule has 0 aliphatic carbocycles. The van der Waals surface area contributed by atoms with Gasteiger partial charge in [0, 0.05) is 6.92 Å². The molecule has 1 N–H and O–H groups in total.